The third-order valence-corrected chi connectivity index (χ3v) is 9.90. The minimum absolute atomic E-state index is 0.0116. The van der Waals surface area contributed by atoms with Crippen LogP contribution in [0.2, 0.25) is 0 Å². The van der Waals surface area contributed by atoms with Crippen molar-refractivity contribution in [3.05, 3.63) is 180 Å². The van der Waals surface area contributed by atoms with Gasteiger partial charge in [0.25, 0.3) is 5.56 Å². The molecular formula is C45H28N2O. The van der Waals surface area contributed by atoms with E-state index in [0.29, 0.717) is 5.39 Å². The second-order valence-electron chi connectivity index (χ2n) is 12.4. The topological polar surface area (TPSA) is 26.9 Å². The second-order valence-corrected chi connectivity index (χ2v) is 12.4. The summed E-state index contributed by atoms with van der Waals surface area (Å²) in [5.74, 6) is 0. The van der Waals surface area contributed by atoms with Crippen LogP contribution >= 0.6 is 0 Å². The van der Waals surface area contributed by atoms with Gasteiger partial charge in [0.1, 0.15) is 0 Å². The highest BCUT2D eigenvalue weighted by Crippen LogP contribution is 2.43. The number of para-hydroxylation sites is 3. The van der Waals surface area contributed by atoms with Crippen LogP contribution in [-0.2, 0) is 0 Å². The Morgan fingerprint density at radius 3 is 1.44 bits per heavy atom. The summed E-state index contributed by atoms with van der Waals surface area (Å²) in [5.41, 5.74) is 7.62. The first kappa shape index (κ1) is 26.7. The Hall–Kier alpha value is -6.45. The Kier molecular flexibility index (Phi) is 5.73. The van der Waals surface area contributed by atoms with Gasteiger partial charge in [0.05, 0.1) is 22.2 Å². The fourth-order valence-electron chi connectivity index (χ4n) is 7.89. The van der Waals surface area contributed by atoms with E-state index in [9.17, 15) is 4.79 Å². The molecule has 0 N–H and O–H groups in total. The van der Waals surface area contributed by atoms with Gasteiger partial charge in [-0.2, -0.15) is 0 Å². The van der Waals surface area contributed by atoms with Crippen LogP contribution in [0.3, 0.4) is 0 Å². The van der Waals surface area contributed by atoms with Crippen LogP contribution in [0.15, 0.2) is 175 Å². The highest BCUT2D eigenvalue weighted by Gasteiger charge is 2.21. The zero-order valence-electron chi connectivity index (χ0n) is 26.0. The second kappa shape index (κ2) is 10.3. The van der Waals surface area contributed by atoms with E-state index in [4.69, 9.17) is 0 Å². The summed E-state index contributed by atoms with van der Waals surface area (Å²) in [7, 11) is 0. The average molecular weight is 613 g/mol. The molecule has 48 heavy (non-hydrogen) atoms. The molecule has 0 radical (unpaired) electrons. The summed E-state index contributed by atoms with van der Waals surface area (Å²) in [4.78, 5) is 14.5. The lowest BCUT2D eigenvalue weighted by molar-refractivity contribution is 1.08. The normalized spacial score (nSPS) is 11.8. The van der Waals surface area contributed by atoms with Gasteiger partial charge >= 0.3 is 0 Å². The van der Waals surface area contributed by atoms with E-state index in [1.165, 1.54) is 27.4 Å². The maximum Gasteiger partial charge on any atom is 0.263 e. The van der Waals surface area contributed by atoms with Crippen molar-refractivity contribution in [1.29, 1.82) is 0 Å². The van der Waals surface area contributed by atoms with Crippen LogP contribution in [0, 0.1) is 0 Å². The summed E-state index contributed by atoms with van der Waals surface area (Å²) < 4.78 is 4.30. The fraction of sp³-hybridized carbons (Fsp3) is 0. The number of benzene rings is 8. The lowest BCUT2D eigenvalue weighted by atomic mass is 9.89. The number of pyridine rings is 1. The van der Waals surface area contributed by atoms with Crippen LogP contribution in [0.4, 0.5) is 0 Å². The quantitative estimate of drug-likeness (QED) is 0.144. The third-order valence-electron chi connectivity index (χ3n) is 9.90. The molecule has 0 unspecified atom stereocenters. The van der Waals surface area contributed by atoms with Crippen molar-refractivity contribution in [2.24, 2.45) is 0 Å². The van der Waals surface area contributed by atoms with Gasteiger partial charge < -0.3 is 4.57 Å². The zero-order valence-corrected chi connectivity index (χ0v) is 26.0. The molecule has 0 aliphatic rings. The van der Waals surface area contributed by atoms with Crippen molar-refractivity contribution in [1.82, 2.24) is 9.13 Å². The first-order chi connectivity index (χ1) is 23.8. The molecule has 10 aromatic rings. The fourth-order valence-corrected chi connectivity index (χ4v) is 7.89. The molecule has 3 nitrogen and oxygen atoms in total. The average Bonchev–Trinajstić information content (AvgIpc) is 3.48. The summed E-state index contributed by atoms with van der Waals surface area (Å²) in [5, 5.41) is 9.49. The van der Waals surface area contributed by atoms with E-state index < -0.39 is 0 Å². The minimum Gasteiger partial charge on any atom is -0.309 e. The van der Waals surface area contributed by atoms with E-state index in [1.54, 1.807) is 0 Å². The van der Waals surface area contributed by atoms with Gasteiger partial charge in [-0.25, -0.2) is 0 Å². The smallest absolute Gasteiger partial charge is 0.263 e. The Bertz CT molecular complexity index is 2910. The molecule has 0 amide bonds. The highest BCUT2D eigenvalue weighted by molar-refractivity contribution is 6.20. The predicted molar refractivity (Wildman–Crippen MR) is 202 cm³/mol. The maximum absolute atomic E-state index is 14.5. The number of aromatic nitrogens is 2. The maximum atomic E-state index is 14.5. The summed E-state index contributed by atoms with van der Waals surface area (Å²) in [6.07, 6.45) is 0. The van der Waals surface area contributed by atoms with Crippen molar-refractivity contribution >= 4 is 65.0 Å². The number of nitrogens with zero attached hydrogens (tertiary/aromatic N) is 2. The zero-order chi connectivity index (χ0) is 31.8. The van der Waals surface area contributed by atoms with E-state index >= 15 is 0 Å². The molecule has 0 aliphatic heterocycles. The molecule has 2 aromatic heterocycles. The Morgan fingerprint density at radius 1 is 0.333 bits per heavy atom. The SMILES string of the molecule is O=c1c2ccccc2c2ccccc2n1-c1c2ccccc2c(-c2ccc3c(c2)c2ccccc2n3-c2ccccc2)c2ccccc12. The van der Waals surface area contributed by atoms with Gasteiger partial charge in [-0.3, -0.25) is 9.36 Å². The summed E-state index contributed by atoms with van der Waals surface area (Å²) >= 11 is 0. The molecule has 2 heterocycles. The standard InChI is InChI=1S/C45H28N2O/c48-45-38-23-9-4-16-31(38)32-17-10-13-25-41(32)47(45)44-36-21-7-5-19-34(36)43(35-20-6-8-22-37(35)44)29-26-27-42-39(28-29)33-18-11-12-24-40(33)46(42)30-14-2-1-3-15-30/h1-28H. The van der Waals surface area contributed by atoms with Crippen molar-refractivity contribution in [3.63, 3.8) is 0 Å². The van der Waals surface area contributed by atoms with Gasteiger partial charge in [-0.05, 0) is 69.8 Å². The lowest BCUT2D eigenvalue weighted by Crippen LogP contribution is -2.20. The Morgan fingerprint density at radius 2 is 0.792 bits per heavy atom. The highest BCUT2D eigenvalue weighted by atomic mass is 16.1. The third kappa shape index (κ3) is 3.73. The van der Waals surface area contributed by atoms with Crippen molar-refractivity contribution in [2.45, 2.75) is 0 Å². The van der Waals surface area contributed by atoms with Crippen molar-refractivity contribution in [2.75, 3.05) is 0 Å². The molecule has 0 bridgehead atoms. The molecular weight excluding hydrogens is 585 g/mol. The minimum atomic E-state index is -0.0116. The van der Waals surface area contributed by atoms with Crippen LogP contribution in [0.1, 0.15) is 0 Å². The molecule has 0 aliphatic carbocycles. The van der Waals surface area contributed by atoms with Crippen LogP contribution in [0.25, 0.3) is 87.5 Å². The van der Waals surface area contributed by atoms with Crippen molar-refractivity contribution in [3.8, 4) is 22.5 Å². The monoisotopic (exact) mass is 612 g/mol. The molecule has 8 aromatic carbocycles. The number of fused-ring (bicyclic) bond motifs is 8. The van der Waals surface area contributed by atoms with Crippen LogP contribution < -0.4 is 5.56 Å². The van der Waals surface area contributed by atoms with E-state index in [0.717, 1.165) is 54.8 Å². The molecule has 0 atom stereocenters. The van der Waals surface area contributed by atoms with Crippen LogP contribution in [-0.4, -0.2) is 9.13 Å². The van der Waals surface area contributed by atoms with E-state index in [1.807, 2.05) is 41.0 Å². The Labute approximate surface area is 276 Å². The number of hydrogen-bond acceptors (Lipinski definition) is 1. The molecule has 0 spiro atoms. The van der Waals surface area contributed by atoms with Gasteiger partial charge in [0.2, 0.25) is 0 Å². The molecule has 0 saturated heterocycles. The van der Waals surface area contributed by atoms with E-state index in [2.05, 4.69) is 138 Å². The first-order valence-corrected chi connectivity index (χ1v) is 16.3. The Balaban J connectivity index is 1.33. The molecule has 0 saturated carbocycles. The number of hydrogen-bond donors (Lipinski definition) is 0. The van der Waals surface area contributed by atoms with E-state index in [-0.39, 0.29) is 5.56 Å². The first-order valence-electron chi connectivity index (χ1n) is 16.3. The summed E-state index contributed by atoms with van der Waals surface area (Å²) in [6.45, 7) is 0. The molecule has 10 rings (SSSR count). The van der Waals surface area contributed by atoms with Gasteiger partial charge in [0.15, 0.2) is 0 Å². The predicted octanol–water partition coefficient (Wildman–Crippen LogP) is 11.2. The van der Waals surface area contributed by atoms with Crippen molar-refractivity contribution < 1.29 is 0 Å². The van der Waals surface area contributed by atoms with Gasteiger partial charge in [-0.1, -0.05) is 127 Å². The van der Waals surface area contributed by atoms with Gasteiger partial charge in [-0.15, -0.1) is 0 Å². The number of rotatable bonds is 3. The molecule has 3 heteroatoms. The van der Waals surface area contributed by atoms with Crippen LogP contribution in [0.5, 0.6) is 0 Å². The lowest BCUT2D eigenvalue weighted by Gasteiger charge is -2.21. The molecule has 0 fully saturated rings. The molecule has 224 valence electrons. The largest absolute Gasteiger partial charge is 0.309 e. The summed E-state index contributed by atoms with van der Waals surface area (Å²) in [6, 6.07) is 59.4. The van der Waals surface area contributed by atoms with Gasteiger partial charge in [0, 0.05) is 38.0 Å².